The van der Waals surface area contributed by atoms with E-state index in [1.807, 2.05) is 0 Å². The van der Waals surface area contributed by atoms with E-state index < -0.39 is 27.8 Å². The van der Waals surface area contributed by atoms with E-state index in [9.17, 15) is 18.0 Å². The van der Waals surface area contributed by atoms with Crippen LogP contribution >= 0.6 is 0 Å². The molecule has 110 valence electrons. The molecule has 0 spiro atoms. The molecule has 1 fully saturated rings. The number of rotatable bonds is 6. The van der Waals surface area contributed by atoms with Crippen molar-refractivity contribution in [3.8, 4) is 0 Å². The van der Waals surface area contributed by atoms with E-state index in [0.717, 1.165) is 19.1 Å². The van der Waals surface area contributed by atoms with Crippen LogP contribution in [0.4, 0.5) is 0 Å². The zero-order valence-corrected chi connectivity index (χ0v) is 11.7. The number of hydrogen-bond acceptors (Lipinski definition) is 4. The molecular formula is C11H20N2O5S. The number of carbonyl (C=O) groups is 2. The number of carbonyl (C=O) groups excluding carboxylic acids is 1. The van der Waals surface area contributed by atoms with Crippen molar-refractivity contribution in [2.24, 2.45) is 11.8 Å². The van der Waals surface area contributed by atoms with Crippen LogP contribution in [-0.4, -0.2) is 44.7 Å². The predicted octanol–water partition coefficient (Wildman–Crippen LogP) is -0.457. The smallest absolute Gasteiger partial charge is 0.307 e. The summed E-state index contributed by atoms with van der Waals surface area (Å²) in [4.78, 5) is 22.9. The molecule has 0 bridgehead atoms. The molecule has 7 nitrogen and oxygen atoms in total. The van der Waals surface area contributed by atoms with E-state index in [4.69, 9.17) is 5.11 Å². The Hall–Kier alpha value is -1.15. The average molecular weight is 292 g/mol. The molecule has 0 radical (unpaired) electrons. The minimum Gasteiger partial charge on any atom is -0.481 e. The first-order chi connectivity index (χ1) is 8.81. The van der Waals surface area contributed by atoms with Gasteiger partial charge in [0.25, 0.3) is 0 Å². The Labute approximate surface area is 112 Å². The molecule has 1 rings (SSSR count). The van der Waals surface area contributed by atoms with Crippen LogP contribution in [0.2, 0.25) is 0 Å². The van der Waals surface area contributed by atoms with Gasteiger partial charge in [0.15, 0.2) is 0 Å². The van der Waals surface area contributed by atoms with Gasteiger partial charge in [-0.25, -0.2) is 13.1 Å². The molecule has 0 saturated heterocycles. The molecule has 1 aliphatic carbocycles. The van der Waals surface area contributed by atoms with Crippen molar-refractivity contribution >= 4 is 21.9 Å². The summed E-state index contributed by atoms with van der Waals surface area (Å²) in [6.07, 6.45) is 3.81. The van der Waals surface area contributed by atoms with Gasteiger partial charge in [0.05, 0.1) is 18.1 Å². The van der Waals surface area contributed by atoms with Crippen LogP contribution < -0.4 is 10.0 Å². The Morgan fingerprint density at radius 3 is 2.26 bits per heavy atom. The lowest BCUT2D eigenvalue weighted by molar-refractivity contribution is -0.148. The summed E-state index contributed by atoms with van der Waals surface area (Å²) in [5.74, 6) is -2.38. The van der Waals surface area contributed by atoms with E-state index in [-0.39, 0.29) is 19.0 Å². The summed E-state index contributed by atoms with van der Waals surface area (Å²) in [7, 11) is -3.27. The first-order valence-corrected chi connectivity index (χ1v) is 8.15. The van der Waals surface area contributed by atoms with Crippen molar-refractivity contribution in [1.82, 2.24) is 10.0 Å². The van der Waals surface area contributed by atoms with Gasteiger partial charge in [-0.05, 0) is 12.8 Å². The van der Waals surface area contributed by atoms with Crippen LogP contribution in [-0.2, 0) is 19.6 Å². The van der Waals surface area contributed by atoms with Gasteiger partial charge in [0.1, 0.15) is 0 Å². The Morgan fingerprint density at radius 1 is 1.16 bits per heavy atom. The van der Waals surface area contributed by atoms with Gasteiger partial charge in [0.2, 0.25) is 15.9 Å². The van der Waals surface area contributed by atoms with Gasteiger partial charge in [-0.1, -0.05) is 12.8 Å². The Morgan fingerprint density at radius 2 is 1.74 bits per heavy atom. The third kappa shape index (κ3) is 5.56. The maximum absolute atomic E-state index is 11.9. The van der Waals surface area contributed by atoms with Gasteiger partial charge in [0, 0.05) is 13.1 Å². The van der Waals surface area contributed by atoms with Crippen molar-refractivity contribution in [2.75, 3.05) is 19.3 Å². The summed E-state index contributed by atoms with van der Waals surface area (Å²) in [6, 6.07) is 0. The predicted molar refractivity (Wildman–Crippen MR) is 68.9 cm³/mol. The van der Waals surface area contributed by atoms with Gasteiger partial charge >= 0.3 is 5.97 Å². The largest absolute Gasteiger partial charge is 0.481 e. The van der Waals surface area contributed by atoms with Crippen molar-refractivity contribution in [1.29, 1.82) is 0 Å². The highest BCUT2D eigenvalue weighted by Crippen LogP contribution is 2.30. The summed E-state index contributed by atoms with van der Waals surface area (Å²) >= 11 is 0. The summed E-state index contributed by atoms with van der Waals surface area (Å²) < 4.78 is 23.9. The lowest BCUT2D eigenvalue weighted by Gasteiger charge is -2.27. The highest BCUT2D eigenvalue weighted by atomic mass is 32.2. The third-order valence-corrected chi connectivity index (χ3v) is 3.94. The highest BCUT2D eigenvalue weighted by Gasteiger charge is 2.35. The number of sulfonamides is 1. The van der Waals surface area contributed by atoms with Crippen LogP contribution in [0.3, 0.4) is 0 Å². The van der Waals surface area contributed by atoms with Gasteiger partial charge in [-0.15, -0.1) is 0 Å². The normalized spacial score (nSPS) is 23.8. The van der Waals surface area contributed by atoms with Gasteiger partial charge in [-0.3, -0.25) is 9.59 Å². The molecule has 3 N–H and O–H groups in total. The number of hydrogen-bond donors (Lipinski definition) is 3. The number of amides is 1. The third-order valence-electron chi connectivity index (χ3n) is 3.21. The van der Waals surface area contributed by atoms with Crippen molar-refractivity contribution < 1.29 is 23.1 Å². The second kappa shape index (κ2) is 6.85. The van der Waals surface area contributed by atoms with E-state index in [1.165, 1.54) is 0 Å². The quantitative estimate of drug-likeness (QED) is 0.574. The number of carboxylic acids is 1. The summed E-state index contributed by atoms with van der Waals surface area (Å²) in [5.41, 5.74) is 0. The number of aliphatic carboxylic acids is 1. The monoisotopic (exact) mass is 292 g/mol. The lowest BCUT2D eigenvalue weighted by atomic mass is 9.79. The number of nitrogens with one attached hydrogen (secondary N) is 2. The molecule has 2 unspecified atom stereocenters. The molecule has 2 atom stereocenters. The number of carboxylic acid groups (broad SMARTS) is 1. The molecular weight excluding hydrogens is 272 g/mol. The SMILES string of the molecule is CS(=O)(=O)NCCNC(=O)C1CCCCC1C(=O)O. The zero-order chi connectivity index (χ0) is 14.5. The second-order valence-corrected chi connectivity index (χ2v) is 6.63. The van der Waals surface area contributed by atoms with Crippen LogP contribution in [0.25, 0.3) is 0 Å². The molecule has 1 saturated carbocycles. The maximum Gasteiger partial charge on any atom is 0.307 e. The standard InChI is InChI=1S/C11H20N2O5S/c1-19(17,18)13-7-6-12-10(14)8-4-2-3-5-9(8)11(15)16/h8-9,13H,2-7H2,1H3,(H,12,14)(H,15,16). The van der Waals surface area contributed by atoms with Gasteiger partial charge < -0.3 is 10.4 Å². The van der Waals surface area contributed by atoms with Gasteiger partial charge in [-0.2, -0.15) is 0 Å². The highest BCUT2D eigenvalue weighted by molar-refractivity contribution is 7.88. The minimum atomic E-state index is -3.27. The van der Waals surface area contributed by atoms with Crippen molar-refractivity contribution in [2.45, 2.75) is 25.7 Å². The first-order valence-electron chi connectivity index (χ1n) is 6.26. The fraction of sp³-hybridized carbons (Fsp3) is 0.818. The molecule has 0 aromatic rings. The molecule has 0 heterocycles. The first kappa shape index (κ1) is 15.9. The zero-order valence-electron chi connectivity index (χ0n) is 10.9. The Kier molecular flexibility index (Phi) is 5.74. The van der Waals surface area contributed by atoms with Crippen LogP contribution in [0.5, 0.6) is 0 Å². The maximum atomic E-state index is 11.9. The topological polar surface area (TPSA) is 113 Å². The molecule has 0 aliphatic heterocycles. The summed E-state index contributed by atoms with van der Waals surface area (Å²) in [5, 5.41) is 11.6. The van der Waals surface area contributed by atoms with Crippen LogP contribution in [0.1, 0.15) is 25.7 Å². The fourth-order valence-electron chi connectivity index (χ4n) is 2.29. The van der Waals surface area contributed by atoms with Crippen LogP contribution in [0.15, 0.2) is 0 Å². The minimum absolute atomic E-state index is 0.106. The Bertz CT molecular complexity index is 434. The van der Waals surface area contributed by atoms with Crippen LogP contribution in [0, 0.1) is 11.8 Å². The molecule has 19 heavy (non-hydrogen) atoms. The fourth-order valence-corrected chi connectivity index (χ4v) is 2.77. The molecule has 1 amide bonds. The van der Waals surface area contributed by atoms with Crippen molar-refractivity contribution in [3.63, 3.8) is 0 Å². The average Bonchev–Trinajstić information content (AvgIpc) is 2.33. The molecule has 0 aromatic carbocycles. The lowest BCUT2D eigenvalue weighted by Crippen LogP contribution is -2.42. The summed E-state index contributed by atoms with van der Waals surface area (Å²) in [6.45, 7) is 0.268. The van der Waals surface area contributed by atoms with E-state index in [0.29, 0.717) is 12.8 Å². The van der Waals surface area contributed by atoms with E-state index in [2.05, 4.69) is 10.0 Å². The van der Waals surface area contributed by atoms with Crippen molar-refractivity contribution in [3.05, 3.63) is 0 Å². The molecule has 8 heteroatoms. The Balaban J connectivity index is 2.41. The molecule has 1 aliphatic rings. The van der Waals surface area contributed by atoms with E-state index >= 15 is 0 Å². The van der Waals surface area contributed by atoms with E-state index in [1.54, 1.807) is 0 Å². The molecule has 0 aromatic heterocycles. The second-order valence-electron chi connectivity index (χ2n) is 4.79.